The van der Waals surface area contributed by atoms with Crippen LogP contribution in [0, 0.1) is 23.5 Å². The molecule has 0 atom stereocenters. The third-order valence-electron chi connectivity index (χ3n) is 3.76. The van der Waals surface area contributed by atoms with Gasteiger partial charge in [0.2, 0.25) is 11.6 Å². The molecule has 1 N–H and O–H groups in total. The van der Waals surface area contributed by atoms with Crippen LogP contribution in [0.15, 0.2) is 0 Å². The first-order chi connectivity index (χ1) is 11.1. The fourth-order valence-electron chi connectivity index (χ4n) is 2.61. The lowest BCUT2D eigenvalue weighted by Gasteiger charge is -2.08. The maximum atomic E-state index is 13.4. The van der Waals surface area contributed by atoms with Gasteiger partial charge in [0.05, 0.1) is 10.7 Å². The van der Waals surface area contributed by atoms with E-state index in [9.17, 15) is 17.6 Å². The average molecular weight is 345 g/mol. The Balaban J connectivity index is 1.57. The van der Waals surface area contributed by atoms with Gasteiger partial charge < -0.3 is 5.32 Å². The molecule has 1 aliphatic rings. The highest BCUT2D eigenvalue weighted by atomic mass is 32.1. The Labute approximate surface area is 134 Å². The highest BCUT2D eigenvalue weighted by molar-refractivity contribution is 7.11. The van der Waals surface area contributed by atoms with Gasteiger partial charge in [0.25, 0.3) is 11.9 Å². The van der Waals surface area contributed by atoms with Crippen molar-refractivity contribution >= 4 is 17.0 Å². The molecule has 8 heteroatoms. The second kappa shape index (κ2) is 6.82. The van der Waals surface area contributed by atoms with E-state index < -0.39 is 29.2 Å². The predicted molar refractivity (Wildman–Crippen MR) is 79.6 cm³/mol. The van der Waals surface area contributed by atoms with E-state index in [-0.39, 0.29) is 6.54 Å². The summed E-state index contributed by atoms with van der Waals surface area (Å²) in [4.78, 5) is 8.41. The summed E-state index contributed by atoms with van der Waals surface area (Å²) < 4.78 is 52.8. The number of thiazole rings is 1. The Kier molecular flexibility index (Phi) is 4.79. The van der Waals surface area contributed by atoms with Crippen molar-refractivity contribution < 1.29 is 17.6 Å². The number of hydrogen-bond acceptors (Lipinski definition) is 4. The fourth-order valence-corrected chi connectivity index (χ4v) is 3.81. The second-order valence-corrected chi connectivity index (χ2v) is 6.58. The van der Waals surface area contributed by atoms with E-state index in [2.05, 4.69) is 15.3 Å². The van der Waals surface area contributed by atoms with Crippen LogP contribution in [-0.4, -0.2) is 16.5 Å². The first-order valence-electron chi connectivity index (χ1n) is 7.47. The van der Waals surface area contributed by atoms with Gasteiger partial charge >= 0.3 is 0 Å². The number of nitrogens with zero attached hydrogens (tertiary/aromatic N) is 2. The summed E-state index contributed by atoms with van der Waals surface area (Å²) >= 11 is 1.68. The Morgan fingerprint density at radius 2 is 1.65 bits per heavy atom. The summed E-state index contributed by atoms with van der Waals surface area (Å²) in [5, 5.41) is 3.39. The number of aromatic nitrogens is 2. The molecule has 0 spiro atoms. The van der Waals surface area contributed by atoms with Crippen LogP contribution in [0.5, 0.6) is 0 Å². The average Bonchev–Trinajstić information content (AvgIpc) is 2.95. The number of nitrogens with one attached hydrogen (secondary N) is 1. The standard InChI is InChI=1S/C15H15F4N3S/c16-11-13(12(17)15(19)22-14(11)18)20-7-3-6-10-21-8-4-1-2-5-9(8)23-10/h1-7H2,(H,20,22). The van der Waals surface area contributed by atoms with Crippen molar-refractivity contribution in [1.82, 2.24) is 9.97 Å². The third-order valence-corrected chi connectivity index (χ3v) is 4.97. The Bertz CT molecular complexity index is 667. The molecule has 0 bridgehead atoms. The van der Waals surface area contributed by atoms with Crippen molar-refractivity contribution in [1.29, 1.82) is 0 Å². The number of halogens is 4. The normalized spacial score (nSPS) is 13.9. The molecule has 3 nitrogen and oxygen atoms in total. The summed E-state index contributed by atoms with van der Waals surface area (Å²) in [5.41, 5.74) is 0.355. The quantitative estimate of drug-likeness (QED) is 0.505. The molecule has 2 heterocycles. The first kappa shape index (κ1) is 16.2. The van der Waals surface area contributed by atoms with Crippen molar-refractivity contribution in [2.75, 3.05) is 11.9 Å². The van der Waals surface area contributed by atoms with Crippen molar-refractivity contribution in [2.45, 2.75) is 38.5 Å². The zero-order chi connectivity index (χ0) is 16.4. The van der Waals surface area contributed by atoms with Gasteiger partial charge in [0, 0.05) is 17.8 Å². The van der Waals surface area contributed by atoms with E-state index in [1.807, 2.05) is 0 Å². The fraction of sp³-hybridized carbons (Fsp3) is 0.467. The molecule has 0 aromatic carbocycles. The number of anilines is 1. The molecule has 2 aromatic rings. The minimum Gasteiger partial charge on any atom is -0.380 e. The summed E-state index contributed by atoms with van der Waals surface area (Å²) in [6.07, 6.45) is 5.64. The lowest BCUT2D eigenvalue weighted by Crippen LogP contribution is -2.11. The highest BCUT2D eigenvalue weighted by Crippen LogP contribution is 2.27. The minimum atomic E-state index is -1.65. The maximum Gasteiger partial charge on any atom is 0.253 e. The second-order valence-electron chi connectivity index (χ2n) is 5.41. The lowest BCUT2D eigenvalue weighted by atomic mass is 10.0. The maximum absolute atomic E-state index is 13.4. The van der Waals surface area contributed by atoms with Crippen LogP contribution >= 0.6 is 11.3 Å². The summed E-state index contributed by atoms with van der Waals surface area (Å²) in [6, 6.07) is 0. The van der Waals surface area contributed by atoms with Crippen molar-refractivity contribution in [3.8, 4) is 0 Å². The van der Waals surface area contributed by atoms with Crippen molar-refractivity contribution in [3.63, 3.8) is 0 Å². The molecular formula is C15H15F4N3S. The van der Waals surface area contributed by atoms with Gasteiger partial charge in [-0.25, -0.2) is 4.98 Å². The van der Waals surface area contributed by atoms with E-state index >= 15 is 0 Å². The smallest absolute Gasteiger partial charge is 0.253 e. The van der Waals surface area contributed by atoms with Gasteiger partial charge in [-0.15, -0.1) is 11.3 Å². The number of fused-ring (bicyclic) bond motifs is 1. The van der Waals surface area contributed by atoms with Crippen LogP contribution in [0.2, 0.25) is 0 Å². The van der Waals surface area contributed by atoms with E-state index in [0.717, 1.165) is 24.3 Å². The summed E-state index contributed by atoms with van der Waals surface area (Å²) in [7, 11) is 0. The minimum absolute atomic E-state index is 0.182. The van der Waals surface area contributed by atoms with Gasteiger partial charge in [0.15, 0.2) is 0 Å². The molecular weight excluding hydrogens is 330 g/mol. The van der Waals surface area contributed by atoms with Gasteiger partial charge in [-0.05, 0) is 32.1 Å². The van der Waals surface area contributed by atoms with Gasteiger partial charge in [0.1, 0.15) is 5.69 Å². The van der Waals surface area contributed by atoms with Gasteiger partial charge in [-0.3, -0.25) is 0 Å². The van der Waals surface area contributed by atoms with Crippen LogP contribution in [0.1, 0.15) is 34.8 Å². The van der Waals surface area contributed by atoms with Gasteiger partial charge in [-0.2, -0.15) is 22.5 Å². The molecule has 3 rings (SSSR count). The van der Waals surface area contributed by atoms with E-state index in [1.165, 1.54) is 17.0 Å². The molecule has 23 heavy (non-hydrogen) atoms. The molecule has 0 amide bonds. The van der Waals surface area contributed by atoms with Crippen molar-refractivity contribution in [3.05, 3.63) is 39.1 Å². The Hall–Kier alpha value is -1.70. The topological polar surface area (TPSA) is 37.8 Å². The van der Waals surface area contributed by atoms with E-state index in [1.54, 1.807) is 11.3 Å². The zero-order valence-electron chi connectivity index (χ0n) is 12.3. The molecule has 0 aliphatic heterocycles. The Morgan fingerprint density at radius 1 is 0.957 bits per heavy atom. The van der Waals surface area contributed by atoms with E-state index in [4.69, 9.17) is 0 Å². The molecule has 0 fully saturated rings. The lowest BCUT2D eigenvalue weighted by molar-refractivity contribution is 0.410. The van der Waals surface area contributed by atoms with E-state index in [0.29, 0.717) is 12.8 Å². The SMILES string of the molecule is Fc1nc(F)c(F)c(NCCCc2nc3c(s2)CCCC3)c1F. The van der Waals surface area contributed by atoms with Crippen LogP contribution < -0.4 is 5.32 Å². The predicted octanol–water partition coefficient (Wildman–Crippen LogP) is 4.02. The zero-order valence-corrected chi connectivity index (χ0v) is 13.1. The third kappa shape index (κ3) is 3.46. The highest BCUT2D eigenvalue weighted by Gasteiger charge is 2.20. The molecule has 2 aromatic heterocycles. The Morgan fingerprint density at radius 3 is 2.35 bits per heavy atom. The van der Waals surface area contributed by atoms with Crippen LogP contribution in [0.3, 0.4) is 0 Å². The number of rotatable bonds is 5. The number of pyridine rings is 1. The summed E-state index contributed by atoms with van der Waals surface area (Å²) in [5.74, 6) is -6.32. The molecule has 0 unspecified atom stereocenters. The van der Waals surface area contributed by atoms with Crippen LogP contribution in [0.4, 0.5) is 23.2 Å². The molecule has 0 saturated carbocycles. The molecule has 1 aliphatic carbocycles. The monoisotopic (exact) mass is 345 g/mol. The van der Waals surface area contributed by atoms with Crippen LogP contribution in [-0.2, 0) is 19.3 Å². The molecule has 124 valence electrons. The molecule has 0 saturated heterocycles. The first-order valence-corrected chi connectivity index (χ1v) is 8.29. The van der Waals surface area contributed by atoms with Gasteiger partial charge in [-0.1, -0.05) is 0 Å². The number of aryl methyl sites for hydroxylation is 3. The van der Waals surface area contributed by atoms with Crippen LogP contribution in [0.25, 0.3) is 0 Å². The number of hydrogen-bond donors (Lipinski definition) is 1. The largest absolute Gasteiger partial charge is 0.380 e. The molecule has 0 radical (unpaired) electrons. The van der Waals surface area contributed by atoms with Crippen molar-refractivity contribution in [2.24, 2.45) is 0 Å². The summed E-state index contributed by atoms with van der Waals surface area (Å²) in [6.45, 7) is 0.182.